The van der Waals surface area contributed by atoms with Gasteiger partial charge in [0.25, 0.3) is 0 Å². The van der Waals surface area contributed by atoms with E-state index in [0.29, 0.717) is 6.54 Å². The second-order valence-electron chi connectivity index (χ2n) is 5.31. The first-order valence-corrected chi connectivity index (χ1v) is 7.01. The largest absolute Gasteiger partial charge is 0.352 e. The molecule has 0 aliphatic carbocycles. The van der Waals surface area contributed by atoms with Crippen molar-refractivity contribution in [2.24, 2.45) is 0 Å². The SMILES string of the molecule is CC(C)NC(=O)[C@@H]1CCCN1C(=O)Nc1ccccc1. The third kappa shape index (κ3) is 3.50. The van der Waals surface area contributed by atoms with Gasteiger partial charge >= 0.3 is 6.03 Å². The van der Waals surface area contributed by atoms with Crippen molar-refractivity contribution in [1.29, 1.82) is 0 Å². The maximum Gasteiger partial charge on any atom is 0.322 e. The van der Waals surface area contributed by atoms with Gasteiger partial charge in [-0.05, 0) is 38.8 Å². The van der Waals surface area contributed by atoms with Gasteiger partial charge in [0.15, 0.2) is 0 Å². The van der Waals surface area contributed by atoms with Crippen LogP contribution in [-0.4, -0.2) is 35.5 Å². The second-order valence-corrected chi connectivity index (χ2v) is 5.31. The van der Waals surface area contributed by atoms with E-state index in [-0.39, 0.29) is 24.0 Å². The van der Waals surface area contributed by atoms with E-state index in [0.717, 1.165) is 18.5 Å². The first kappa shape index (κ1) is 14.4. The Morgan fingerprint density at radius 1 is 1.25 bits per heavy atom. The van der Waals surface area contributed by atoms with E-state index in [4.69, 9.17) is 0 Å². The summed E-state index contributed by atoms with van der Waals surface area (Å²) < 4.78 is 0. The highest BCUT2D eigenvalue weighted by atomic mass is 16.2. The van der Waals surface area contributed by atoms with Crippen molar-refractivity contribution >= 4 is 17.6 Å². The van der Waals surface area contributed by atoms with E-state index in [1.807, 2.05) is 44.2 Å². The van der Waals surface area contributed by atoms with Crippen LogP contribution >= 0.6 is 0 Å². The first-order valence-electron chi connectivity index (χ1n) is 7.01. The van der Waals surface area contributed by atoms with E-state index < -0.39 is 0 Å². The first-order chi connectivity index (χ1) is 9.58. The van der Waals surface area contributed by atoms with Gasteiger partial charge in [-0.1, -0.05) is 18.2 Å². The maximum absolute atomic E-state index is 12.3. The number of rotatable bonds is 3. The van der Waals surface area contributed by atoms with E-state index in [2.05, 4.69) is 10.6 Å². The lowest BCUT2D eigenvalue weighted by Gasteiger charge is -2.25. The zero-order valence-electron chi connectivity index (χ0n) is 11.9. The lowest BCUT2D eigenvalue weighted by atomic mass is 10.2. The summed E-state index contributed by atoms with van der Waals surface area (Å²) in [5.74, 6) is -0.0688. The fraction of sp³-hybridized carbons (Fsp3) is 0.467. The van der Waals surface area contributed by atoms with Crippen molar-refractivity contribution in [3.63, 3.8) is 0 Å². The van der Waals surface area contributed by atoms with Crippen LogP contribution < -0.4 is 10.6 Å². The Bertz CT molecular complexity index is 473. The summed E-state index contributed by atoms with van der Waals surface area (Å²) in [4.78, 5) is 26.0. The number of urea groups is 1. The highest BCUT2D eigenvalue weighted by molar-refractivity contribution is 5.94. The van der Waals surface area contributed by atoms with E-state index in [1.165, 1.54) is 0 Å². The molecule has 0 unspecified atom stereocenters. The van der Waals surface area contributed by atoms with Gasteiger partial charge in [-0.25, -0.2) is 4.79 Å². The molecule has 1 heterocycles. The van der Waals surface area contributed by atoms with Crippen LogP contribution in [0, 0.1) is 0 Å². The number of hydrogen-bond acceptors (Lipinski definition) is 2. The molecule has 1 aliphatic rings. The predicted molar refractivity (Wildman–Crippen MR) is 78.5 cm³/mol. The molecule has 1 aromatic rings. The molecule has 2 N–H and O–H groups in total. The van der Waals surface area contributed by atoms with Gasteiger partial charge in [0.1, 0.15) is 6.04 Å². The molecule has 1 aliphatic heterocycles. The Labute approximate surface area is 119 Å². The van der Waals surface area contributed by atoms with Crippen molar-refractivity contribution in [2.45, 2.75) is 38.8 Å². The molecule has 5 heteroatoms. The van der Waals surface area contributed by atoms with Crippen molar-refractivity contribution in [3.8, 4) is 0 Å². The summed E-state index contributed by atoms with van der Waals surface area (Å²) in [5.41, 5.74) is 0.743. The molecule has 5 nitrogen and oxygen atoms in total. The van der Waals surface area contributed by atoms with Crippen LogP contribution in [-0.2, 0) is 4.79 Å². The van der Waals surface area contributed by atoms with Crippen LogP contribution in [0.4, 0.5) is 10.5 Å². The van der Waals surface area contributed by atoms with Gasteiger partial charge < -0.3 is 15.5 Å². The Morgan fingerprint density at radius 2 is 1.95 bits per heavy atom. The molecule has 0 saturated carbocycles. The zero-order chi connectivity index (χ0) is 14.5. The van der Waals surface area contributed by atoms with E-state index in [9.17, 15) is 9.59 Å². The van der Waals surface area contributed by atoms with Gasteiger partial charge in [-0.2, -0.15) is 0 Å². The average Bonchev–Trinajstić information content (AvgIpc) is 2.88. The van der Waals surface area contributed by atoms with Crippen LogP contribution in [0.25, 0.3) is 0 Å². The standard InChI is InChI=1S/C15H21N3O2/c1-11(2)16-14(19)13-9-6-10-18(13)15(20)17-12-7-4-3-5-8-12/h3-5,7-8,11,13H,6,9-10H2,1-2H3,(H,16,19)(H,17,20)/t13-/m0/s1. The van der Waals surface area contributed by atoms with Crippen LogP contribution in [0.2, 0.25) is 0 Å². The van der Waals surface area contributed by atoms with E-state index in [1.54, 1.807) is 4.90 Å². The van der Waals surface area contributed by atoms with Crippen molar-refractivity contribution in [3.05, 3.63) is 30.3 Å². The highest BCUT2D eigenvalue weighted by Gasteiger charge is 2.34. The molecular formula is C15H21N3O2. The number of amides is 3. The predicted octanol–water partition coefficient (Wildman–Crippen LogP) is 2.21. The Morgan fingerprint density at radius 3 is 2.60 bits per heavy atom. The molecular weight excluding hydrogens is 254 g/mol. The molecule has 0 bridgehead atoms. The Hall–Kier alpha value is -2.04. The maximum atomic E-state index is 12.3. The topological polar surface area (TPSA) is 61.4 Å². The number of carbonyl (C=O) groups is 2. The van der Waals surface area contributed by atoms with Crippen LogP contribution in [0.5, 0.6) is 0 Å². The summed E-state index contributed by atoms with van der Waals surface area (Å²) in [5, 5.41) is 5.70. The zero-order valence-corrected chi connectivity index (χ0v) is 11.9. The molecule has 0 radical (unpaired) electrons. The molecule has 108 valence electrons. The third-order valence-corrected chi connectivity index (χ3v) is 3.27. The molecule has 3 amide bonds. The quantitative estimate of drug-likeness (QED) is 0.888. The fourth-order valence-electron chi connectivity index (χ4n) is 2.38. The molecule has 1 atom stereocenters. The van der Waals surface area contributed by atoms with Crippen LogP contribution in [0.1, 0.15) is 26.7 Å². The normalized spacial score (nSPS) is 18.1. The minimum absolute atomic E-state index is 0.0688. The molecule has 1 fully saturated rings. The number of nitrogens with one attached hydrogen (secondary N) is 2. The Balaban J connectivity index is 1.99. The van der Waals surface area contributed by atoms with Crippen LogP contribution in [0.3, 0.4) is 0 Å². The van der Waals surface area contributed by atoms with Crippen LogP contribution in [0.15, 0.2) is 30.3 Å². The number of nitrogens with zero attached hydrogens (tertiary/aromatic N) is 1. The van der Waals surface area contributed by atoms with Gasteiger partial charge in [-0.15, -0.1) is 0 Å². The summed E-state index contributed by atoms with van der Waals surface area (Å²) >= 11 is 0. The number of anilines is 1. The molecule has 2 rings (SSSR count). The minimum atomic E-state index is -0.360. The number of carbonyl (C=O) groups excluding carboxylic acids is 2. The van der Waals surface area contributed by atoms with Crippen molar-refractivity contribution < 1.29 is 9.59 Å². The second kappa shape index (κ2) is 6.41. The molecule has 0 aromatic heterocycles. The van der Waals surface area contributed by atoms with Gasteiger partial charge in [0.05, 0.1) is 0 Å². The smallest absolute Gasteiger partial charge is 0.322 e. The van der Waals surface area contributed by atoms with Crippen molar-refractivity contribution in [1.82, 2.24) is 10.2 Å². The summed E-state index contributed by atoms with van der Waals surface area (Å²) in [6.45, 7) is 4.46. The lowest BCUT2D eigenvalue weighted by Crippen LogP contribution is -2.48. The van der Waals surface area contributed by atoms with E-state index >= 15 is 0 Å². The number of hydrogen-bond donors (Lipinski definition) is 2. The molecule has 1 aromatic carbocycles. The molecule has 20 heavy (non-hydrogen) atoms. The summed E-state index contributed by atoms with van der Waals surface area (Å²) in [7, 11) is 0. The third-order valence-electron chi connectivity index (χ3n) is 3.27. The highest BCUT2D eigenvalue weighted by Crippen LogP contribution is 2.19. The van der Waals surface area contributed by atoms with Gasteiger partial charge in [0.2, 0.25) is 5.91 Å². The molecule has 1 saturated heterocycles. The summed E-state index contributed by atoms with van der Waals surface area (Å²) in [6.07, 6.45) is 1.58. The lowest BCUT2D eigenvalue weighted by molar-refractivity contribution is -0.125. The fourth-order valence-corrected chi connectivity index (χ4v) is 2.38. The number of likely N-dealkylation sites (tertiary alicyclic amines) is 1. The number of para-hydroxylation sites is 1. The monoisotopic (exact) mass is 275 g/mol. The number of benzene rings is 1. The summed E-state index contributed by atoms with van der Waals surface area (Å²) in [6, 6.07) is 8.80. The molecule has 0 spiro atoms. The minimum Gasteiger partial charge on any atom is -0.352 e. The van der Waals surface area contributed by atoms with Gasteiger partial charge in [-0.3, -0.25) is 4.79 Å². The Kier molecular flexibility index (Phi) is 4.61. The van der Waals surface area contributed by atoms with Crippen molar-refractivity contribution in [2.75, 3.05) is 11.9 Å². The van der Waals surface area contributed by atoms with Gasteiger partial charge in [0, 0.05) is 18.3 Å². The average molecular weight is 275 g/mol.